The molecule has 1 rings (SSSR count). The van der Waals surface area contributed by atoms with Gasteiger partial charge in [-0.15, -0.1) is 0 Å². The lowest BCUT2D eigenvalue weighted by Crippen LogP contribution is -2.26. The Bertz CT molecular complexity index is 232. The van der Waals surface area contributed by atoms with Crippen LogP contribution in [0.3, 0.4) is 0 Å². The van der Waals surface area contributed by atoms with Crippen LogP contribution in [0.25, 0.3) is 0 Å². The van der Waals surface area contributed by atoms with E-state index in [2.05, 4.69) is 11.0 Å². The van der Waals surface area contributed by atoms with Gasteiger partial charge in [0.2, 0.25) is 0 Å². The number of nitriles is 1. The molecule has 0 saturated carbocycles. The van der Waals surface area contributed by atoms with Crippen LogP contribution in [0.5, 0.6) is 0 Å². The van der Waals surface area contributed by atoms with E-state index in [1.165, 1.54) is 6.42 Å². The lowest BCUT2D eigenvalue weighted by atomic mass is 9.91. The predicted octanol–water partition coefficient (Wildman–Crippen LogP) is 1.89. The van der Waals surface area contributed by atoms with Crippen molar-refractivity contribution in [2.24, 2.45) is 11.3 Å². The molecule has 3 heteroatoms. The highest BCUT2D eigenvalue weighted by atomic mass is 16.5. The number of hydrogen-bond donors (Lipinski definition) is 0. The minimum atomic E-state index is -0.181. The SMILES string of the molecule is COCC1CCN(CCC(C)(C)C#N)C1. The number of rotatable bonds is 5. The highest BCUT2D eigenvalue weighted by Gasteiger charge is 2.24. The average molecular weight is 210 g/mol. The molecule has 0 radical (unpaired) electrons. The van der Waals surface area contributed by atoms with E-state index in [9.17, 15) is 0 Å². The fourth-order valence-corrected chi connectivity index (χ4v) is 1.98. The van der Waals surface area contributed by atoms with Gasteiger partial charge in [0.05, 0.1) is 18.1 Å². The van der Waals surface area contributed by atoms with Crippen molar-refractivity contribution in [1.82, 2.24) is 4.90 Å². The summed E-state index contributed by atoms with van der Waals surface area (Å²) in [4.78, 5) is 2.45. The van der Waals surface area contributed by atoms with Crippen LogP contribution in [0.2, 0.25) is 0 Å². The van der Waals surface area contributed by atoms with E-state index in [1.54, 1.807) is 7.11 Å². The van der Waals surface area contributed by atoms with Crippen LogP contribution < -0.4 is 0 Å². The molecule has 0 bridgehead atoms. The summed E-state index contributed by atoms with van der Waals surface area (Å²) in [5.41, 5.74) is -0.181. The second kappa shape index (κ2) is 5.48. The predicted molar refractivity (Wildman–Crippen MR) is 60.4 cm³/mol. The maximum absolute atomic E-state index is 8.92. The van der Waals surface area contributed by atoms with Crippen molar-refractivity contribution in [2.75, 3.05) is 33.4 Å². The summed E-state index contributed by atoms with van der Waals surface area (Å²) in [7, 11) is 1.77. The van der Waals surface area contributed by atoms with Crippen molar-refractivity contribution < 1.29 is 4.74 Å². The standard InChI is InChI=1S/C12H22N2O/c1-12(2,10-13)5-7-14-6-4-11(8-14)9-15-3/h11H,4-9H2,1-3H3. The number of ether oxygens (including phenoxy) is 1. The van der Waals surface area contributed by atoms with E-state index in [1.807, 2.05) is 13.8 Å². The number of methoxy groups -OCH3 is 1. The molecule has 1 saturated heterocycles. The maximum atomic E-state index is 8.92. The van der Waals surface area contributed by atoms with E-state index in [4.69, 9.17) is 10.00 Å². The average Bonchev–Trinajstić information content (AvgIpc) is 2.64. The molecule has 1 atom stereocenters. The Morgan fingerprint density at radius 2 is 2.27 bits per heavy atom. The highest BCUT2D eigenvalue weighted by Crippen LogP contribution is 2.22. The quantitative estimate of drug-likeness (QED) is 0.695. The lowest BCUT2D eigenvalue weighted by molar-refractivity contribution is 0.152. The smallest absolute Gasteiger partial charge is 0.0684 e. The topological polar surface area (TPSA) is 36.3 Å². The zero-order chi connectivity index (χ0) is 11.3. The molecule has 0 aliphatic carbocycles. The first-order valence-electron chi connectivity index (χ1n) is 5.70. The van der Waals surface area contributed by atoms with Crippen LogP contribution in [0, 0.1) is 22.7 Å². The minimum Gasteiger partial charge on any atom is -0.384 e. The third kappa shape index (κ3) is 4.19. The van der Waals surface area contributed by atoms with E-state index in [-0.39, 0.29) is 5.41 Å². The van der Waals surface area contributed by atoms with Crippen LogP contribution in [-0.2, 0) is 4.74 Å². The van der Waals surface area contributed by atoms with Crippen molar-refractivity contribution in [2.45, 2.75) is 26.7 Å². The normalized spacial score (nSPS) is 22.9. The molecule has 0 aromatic carbocycles. The van der Waals surface area contributed by atoms with Crippen LogP contribution >= 0.6 is 0 Å². The first-order chi connectivity index (χ1) is 7.07. The Balaban J connectivity index is 2.22. The summed E-state index contributed by atoms with van der Waals surface area (Å²) in [6, 6.07) is 2.35. The van der Waals surface area contributed by atoms with Gasteiger partial charge in [-0.1, -0.05) is 0 Å². The third-order valence-electron chi connectivity index (χ3n) is 3.13. The largest absolute Gasteiger partial charge is 0.384 e. The van der Waals surface area contributed by atoms with Gasteiger partial charge in [0, 0.05) is 13.7 Å². The number of nitrogens with zero attached hydrogens (tertiary/aromatic N) is 2. The zero-order valence-corrected chi connectivity index (χ0v) is 10.1. The molecule has 1 unspecified atom stereocenters. The molecule has 15 heavy (non-hydrogen) atoms. The van der Waals surface area contributed by atoms with Gasteiger partial charge in [-0.25, -0.2) is 0 Å². The Morgan fingerprint density at radius 1 is 1.53 bits per heavy atom. The molecule has 1 fully saturated rings. The van der Waals surface area contributed by atoms with Crippen molar-refractivity contribution >= 4 is 0 Å². The Labute approximate surface area is 93.0 Å². The Hall–Kier alpha value is -0.590. The summed E-state index contributed by atoms with van der Waals surface area (Å²) in [6.07, 6.45) is 2.20. The molecule has 1 aliphatic heterocycles. The lowest BCUT2D eigenvalue weighted by Gasteiger charge is -2.21. The van der Waals surface area contributed by atoms with Crippen molar-refractivity contribution in [3.63, 3.8) is 0 Å². The molecule has 0 N–H and O–H groups in total. The van der Waals surface area contributed by atoms with E-state index in [0.717, 1.165) is 32.7 Å². The summed E-state index contributed by atoms with van der Waals surface area (Å²) in [5, 5.41) is 8.92. The maximum Gasteiger partial charge on any atom is 0.0684 e. The van der Waals surface area contributed by atoms with Gasteiger partial charge in [-0.2, -0.15) is 5.26 Å². The van der Waals surface area contributed by atoms with Crippen LogP contribution in [-0.4, -0.2) is 38.3 Å². The third-order valence-corrected chi connectivity index (χ3v) is 3.13. The monoisotopic (exact) mass is 210 g/mol. The second-order valence-corrected chi connectivity index (χ2v) is 5.16. The molecule has 1 heterocycles. The number of hydrogen-bond acceptors (Lipinski definition) is 3. The van der Waals surface area contributed by atoms with Gasteiger partial charge >= 0.3 is 0 Å². The Morgan fingerprint density at radius 3 is 2.87 bits per heavy atom. The van der Waals surface area contributed by atoms with Gasteiger partial charge in [-0.05, 0) is 45.7 Å². The van der Waals surface area contributed by atoms with Crippen LogP contribution in [0.1, 0.15) is 26.7 Å². The molecule has 0 aromatic rings. The van der Waals surface area contributed by atoms with Crippen molar-refractivity contribution in [1.29, 1.82) is 5.26 Å². The molecule has 0 amide bonds. The van der Waals surface area contributed by atoms with E-state index >= 15 is 0 Å². The Kier molecular flexibility index (Phi) is 4.56. The minimum absolute atomic E-state index is 0.181. The van der Waals surface area contributed by atoms with Gasteiger partial charge in [-0.3, -0.25) is 0 Å². The van der Waals surface area contributed by atoms with Crippen molar-refractivity contribution in [3.05, 3.63) is 0 Å². The fraction of sp³-hybridized carbons (Fsp3) is 0.917. The van der Waals surface area contributed by atoms with Crippen LogP contribution in [0.15, 0.2) is 0 Å². The molecular formula is C12H22N2O. The summed E-state index contributed by atoms with van der Waals surface area (Å²) in [5.74, 6) is 0.695. The zero-order valence-electron chi connectivity index (χ0n) is 10.1. The first kappa shape index (κ1) is 12.5. The second-order valence-electron chi connectivity index (χ2n) is 5.16. The van der Waals surface area contributed by atoms with E-state index in [0.29, 0.717) is 5.92 Å². The van der Waals surface area contributed by atoms with Gasteiger partial charge in [0.15, 0.2) is 0 Å². The van der Waals surface area contributed by atoms with Gasteiger partial charge in [0.25, 0.3) is 0 Å². The summed E-state index contributed by atoms with van der Waals surface area (Å²) >= 11 is 0. The van der Waals surface area contributed by atoms with Gasteiger partial charge in [0.1, 0.15) is 0 Å². The molecule has 0 aromatic heterocycles. The van der Waals surface area contributed by atoms with Crippen LogP contribution in [0.4, 0.5) is 0 Å². The first-order valence-corrected chi connectivity index (χ1v) is 5.70. The molecule has 1 aliphatic rings. The molecule has 0 spiro atoms. The fourth-order valence-electron chi connectivity index (χ4n) is 1.98. The summed E-state index contributed by atoms with van der Waals surface area (Å²) in [6.45, 7) is 8.23. The van der Waals surface area contributed by atoms with E-state index < -0.39 is 0 Å². The highest BCUT2D eigenvalue weighted by molar-refractivity contribution is 4.92. The summed E-state index contributed by atoms with van der Waals surface area (Å²) < 4.78 is 5.16. The molecule has 3 nitrogen and oxygen atoms in total. The number of likely N-dealkylation sites (tertiary alicyclic amines) is 1. The molecule has 86 valence electrons. The van der Waals surface area contributed by atoms with Gasteiger partial charge < -0.3 is 9.64 Å². The molecular weight excluding hydrogens is 188 g/mol. The van der Waals surface area contributed by atoms with Crippen molar-refractivity contribution in [3.8, 4) is 6.07 Å².